The number of hydrogen-bond donors (Lipinski definition) is 0. The van der Waals surface area contributed by atoms with Crippen molar-refractivity contribution in [3.63, 3.8) is 0 Å². The SMILES string of the molecule is CCOC(=O)C1=C(C)N=c2s/c(=C\c3cc(Cl)ccc3OCc3ccc(Cl)cc3)c(=O)n2[C@@H]1c1cc(OC)c(OC)cc1Br. The molecular formula is C32H27BrCl2N2O6S. The summed E-state index contributed by atoms with van der Waals surface area (Å²) in [7, 11) is 3.05. The quantitative estimate of drug-likeness (QED) is 0.185. The number of aromatic nitrogens is 1. The summed E-state index contributed by atoms with van der Waals surface area (Å²) in [5.74, 6) is 0.897. The molecule has 4 aromatic rings. The summed E-state index contributed by atoms with van der Waals surface area (Å²) in [6, 6.07) is 15.2. The number of esters is 1. The Balaban J connectivity index is 1.66. The van der Waals surface area contributed by atoms with Gasteiger partial charge in [-0.15, -0.1) is 0 Å². The molecule has 1 aliphatic heterocycles. The molecule has 1 atom stereocenters. The summed E-state index contributed by atoms with van der Waals surface area (Å²) in [6.45, 7) is 3.90. The average molecular weight is 718 g/mol. The van der Waals surface area contributed by atoms with E-state index in [2.05, 4.69) is 20.9 Å². The predicted molar refractivity (Wildman–Crippen MR) is 175 cm³/mol. The smallest absolute Gasteiger partial charge is 0.338 e. The Bertz CT molecular complexity index is 1950. The lowest BCUT2D eigenvalue weighted by Crippen LogP contribution is -2.40. The maximum atomic E-state index is 14.2. The van der Waals surface area contributed by atoms with Gasteiger partial charge in [-0.05, 0) is 73.5 Å². The van der Waals surface area contributed by atoms with Crippen LogP contribution in [0.2, 0.25) is 10.0 Å². The van der Waals surface area contributed by atoms with E-state index in [-0.39, 0.29) is 24.3 Å². The number of nitrogens with zero attached hydrogens (tertiary/aromatic N) is 2. The van der Waals surface area contributed by atoms with Gasteiger partial charge in [-0.3, -0.25) is 9.36 Å². The van der Waals surface area contributed by atoms with Crippen LogP contribution < -0.4 is 29.1 Å². The van der Waals surface area contributed by atoms with E-state index in [1.54, 1.807) is 62.4 Å². The molecule has 2 heterocycles. The molecule has 0 bridgehead atoms. The molecule has 0 saturated heterocycles. The lowest BCUT2D eigenvalue weighted by molar-refractivity contribution is -0.139. The number of hydrogen-bond acceptors (Lipinski definition) is 8. The molecule has 0 radical (unpaired) electrons. The normalized spacial score (nSPS) is 14.6. The topological polar surface area (TPSA) is 88.4 Å². The number of halogens is 3. The zero-order valence-corrected chi connectivity index (χ0v) is 28.1. The van der Waals surface area contributed by atoms with Gasteiger partial charge in [0, 0.05) is 20.1 Å². The van der Waals surface area contributed by atoms with Crippen molar-refractivity contribution in [2.75, 3.05) is 20.8 Å². The van der Waals surface area contributed by atoms with Crippen molar-refractivity contribution in [2.45, 2.75) is 26.5 Å². The van der Waals surface area contributed by atoms with Crippen LogP contribution >= 0.6 is 50.5 Å². The van der Waals surface area contributed by atoms with Crippen molar-refractivity contribution in [1.29, 1.82) is 0 Å². The Kier molecular flexibility index (Phi) is 9.84. The van der Waals surface area contributed by atoms with Gasteiger partial charge in [0.1, 0.15) is 12.4 Å². The van der Waals surface area contributed by atoms with Gasteiger partial charge in [0.05, 0.1) is 42.7 Å². The first-order chi connectivity index (χ1) is 21.1. The summed E-state index contributed by atoms with van der Waals surface area (Å²) in [5, 5.41) is 1.12. The first-order valence-corrected chi connectivity index (χ1v) is 15.8. The molecule has 8 nitrogen and oxygen atoms in total. The molecule has 0 N–H and O–H groups in total. The number of carbonyl (C=O) groups excluding carboxylic acids is 1. The van der Waals surface area contributed by atoms with Gasteiger partial charge in [0.2, 0.25) is 0 Å². The first-order valence-electron chi connectivity index (χ1n) is 13.4. The molecule has 5 rings (SSSR count). The highest BCUT2D eigenvalue weighted by molar-refractivity contribution is 9.10. The second kappa shape index (κ2) is 13.6. The van der Waals surface area contributed by atoms with Gasteiger partial charge < -0.3 is 18.9 Å². The second-order valence-electron chi connectivity index (χ2n) is 9.63. The standard InChI is InChI=1S/C32H27BrCl2N2O6S/c1-5-42-31(39)28-17(2)36-32-37(29(28)22-14-25(40-3)26(41-4)15-23(22)33)30(38)27(44-32)13-19-12-21(35)10-11-24(19)43-16-18-6-8-20(34)9-7-18/h6-15,29H,5,16H2,1-4H3/b27-13-/t29-/m1/s1. The van der Waals surface area contributed by atoms with Crippen LogP contribution in [0.3, 0.4) is 0 Å². The average Bonchev–Trinajstić information content (AvgIpc) is 3.30. The Morgan fingerprint density at radius 3 is 2.39 bits per heavy atom. The Morgan fingerprint density at radius 1 is 1.02 bits per heavy atom. The van der Waals surface area contributed by atoms with Gasteiger partial charge in [0.25, 0.3) is 5.56 Å². The fraction of sp³-hybridized carbons (Fsp3) is 0.219. The Hall–Kier alpha value is -3.57. The molecule has 0 spiro atoms. The van der Waals surface area contributed by atoms with Crippen LogP contribution in [0, 0.1) is 0 Å². The van der Waals surface area contributed by atoms with E-state index in [4.69, 9.17) is 42.1 Å². The number of ether oxygens (including phenoxy) is 4. The van der Waals surface area contributed by atoms with Crippen LogP contribution in [0.1, 0.15) is 36.6 Å². The molecule has 3 aromatic carbocycles. The van der Waals surface area contributed by atoms with E-state index in [1.807, 2.05) is 12.1 Å². The number of thiazole rings is 1. The fourth-order valence-corrected chi connectivity index (χ4v) is 6.69. The van der Waals surface area contributed by atoms with E-state index in [0.29, 0.717) is 57.9 Å². The number of fused-ring (bicyclic) bond motifs is 1. The third-order valence-electron chi connectivity index (χ3n) is 6.88. The van der Waals surface area contributed by atoms with Crippen molar-refractivity contribution in [2.24, 2.45) is 4.99 Å². The van der Waals surface area contributed by atoms with E-state index in [9.17, 15) is 9.59 Å². The first kappa shape index (κ1) is 31.8. The maximum Gasteiger partial charge on any atom is 0.338 e. The number of carbonyl (C=O) groups is 1. The number of rotatable bonds is 9. The van der Waals surface area contributed by atoms with E-state index in [0.717, 1.165) is 5.56 Å². The van der Waals surface area contributed by atoms with Crippen LogP contribution in [0.15, 0.2) is 80.1 Å². The maximum absolute atomic E-state index is 14.2. The highest BCUT2D eigenvalue weighted by atomic mass is 79.9. The molecule has 228 valence electrons. The van der Waals surface area contributed by atoms with Crippen molar-refractivity contribution >= 4 is 62.5 Å². The van der Waals surface area contributed by atoms with Gasteiger partial charge >= 0.3 is 5.97 Å². The second-order valence-corrected chi connectivity index (χ2v) is 12.4. The molecule has 0 aliphatic carbocycles. The van der Waals surface area contributed by atoms with Gasteiger partial charge in [-0.25, -0.2) is 9.79 Å². The van der Waals surface area contributed by atoms with Gasteiger partial charge in [0.15, 0.2) is 16.3 Å². The van der Waals surface area contributed by atoms with E-state index < -0.39 is 12.0 Å². The number of benzene rings is 3. The van der Waals surface area contributed by atoms with Crippen LogP contribution in [-0.2, 0) is 16.1 Å². The molecule has 0 amide bonds. The lowest BCUT2D eigenvalue weighted by atomic mass is 9.95. The molecule has 12 heteroatoms. The third kappa shape index (κ3) is 6.44. The fourth-order valence-electron chi connectivity index (χ4n) is 4.81. The Morgan fingerprint density at radius 2 is 1.70 bits per heavy atom. The lowest BCUT2D eigenvalue weighted by Gasteiger charge is -2.26. The minimum atomic E-state index is -0.860. The summed E-state index contributed by atoms with van der Waals surface area (Å²) >= 11 is 17.2. The van der Waals surface area contributed by atoms with E-state index >= 15 is 0 Å². The van der Waals surface area contributed by atoms with Crippen LogP contribution in [0.5, 0.6) is 17.2 Å². The molecule has 44 heavy (non-hydrogen) atoms. The molecule has 1 aliphatic rings. The molecular weight excluding hydrogens is 691 g/mol. The molecule has 0 fully saturated rings. The van der Waals surface area contributed by atoms with Crippen molar-refractivity contribution in [3.05, 3.63) is 117 Å². The summed E-state index contributed by atoms with van der Waals surface area (Å²) < 4.78 is 25.0. The highest BCUT2D eigenvalue weighted by Gasteiger charge is 2.35. The zero-order chi connectivity index (χ0) is 31.5. The van der Waals surface area contributed by atoms with Crippen molar-refractivity contribution in [1.82, 2.24) is 4.57 Å². The monoisotopic (exact) mass is 716 g/mol. The third-order valence-corrected chi connectivity index (χ3v) is 9.04. The highest BCUT2D eigenvalue weighted by Crippen LogP contribution is 2.40. The van der Waals surface area contributed by atoms with Crippen molar-refractivity contribution < 1.29 is 23.7 Å². The molecule has 0 saturated carbocycles. The molecule has 1 aromatic heterocycles. The largest absolute Gasteiger partial charge is 0.493 e. The van der Waals surface area contributed by atoms with E-state index in [1.165, 1.54) is 30.1 Å². The predicted octanol–water partition coefficient (Wildman–Crippen LogP) is 6.46. The van der Waals surface area contributed by atoms with Gasteiger partial charge in [-0.2, -0.15) is 0 Å². The van der Waals surface area contributed by atoms with Crippen LogP contribution in [0.25, 0.3) is 6.08 Å². The Labute approximate surface area is 275 Å². The number of allylic oxidation sites excluding steroid dienone is 1. The summed E-state index contributed by atoms with van der Waals surface area (Å²) in [4.78, 5) is 32.6. The number of methoxy groups -OCH3 is 2. The van der Waals surface area contributed by atoms with Gasteiger partial charge in [-0.1, -0.05) is 62.6 Å². The summed E-state index contributed by atoms with van der Waals surface area (Å²) in [6.07, 6.45) is 1.72. The van der Waals surface area contributed by atoms with Crippen LogP contribution in [0.4, 0.5) is 0 Å². The van der Waals surface area contributed by atoms with Crippen LogP contribution in [-0.4, -0.2) is 31.4 Å². The molecule has 0 unspecified atom stereocenters. The summed E-state index contributed by atoms with van der Waals surface area (Å²) in [5.41, 5.74) is 2.48. The zero-order valence-electron chi connectivity index (χ0n) is 24.2. The minimum Gasteiger partial charge on any atom is -0.493 e. The minimum absolute atomic E-state index is 0.160. The van der Waals surface area contributed by atoms with Crippen molar-refractivity contribution in [3.8, 4) is 17.2 Å².